The number of benzene rings is 1. The van der Waals surface area contributed by atoms with Crippen molar-refractivity contribution in [2.45, 2.75) is 13.0 Å². The number of nitrogens with two attached hydrogens (primary N) is 1. The zero-order chi connectivity index (χ0) is 12.4. The Kier molecular flexibility index (Phi) is 3.67. The Hall–Kier alpha value is -1.09. The number of pyridine rings is 1. The Labute approximate surface area is 110 Å². The standard InChI is InChI=1S/C13H12Cl2N2/c1-8-5-6-17-7-9(8)13(16)12-10(14)3-2-4-11(12)15/h2-7,13H,16H2,1H3. The summed E-state index contributed by atoms with van der Waals surface area (Å²) in [5.41, 5.74) is 8.96. The second kappa shape index (κ2) is 5.05. The van der Waals surface area contributed by atoms with Crippen molar-refractivity contribution >= 4 is 23.2 Å². The van der Waals surface area contributed by atoms with Gasteiger partial charge in [0.1, 0.15) is 0 Å². The van der Waals surface area contributed by atoms with Gasteiger partial charge in [-0.3, -0.25) is 4.98 Å². The lowest BCUT2D eigenvalue weighted by molar-refractivity contribution is 0.853. The fraction of sp³-hybridized carbons (Fsp3) is 0.154. The zero-order valence-electron chi connectivity index (χ0n) is 9.32. The third-order valence-corrected chi connectivity index (χ3v) is 3.38. The van der Waals surface area contributed by atoms with Crippen LogP contribution in [0.2, 0.25) is 10.0 Å². The molecule has 1 aromatic carbocycles. The average Bonchev–Trinajstić information content (AvgIpc) is 2.29. The molecular weight excluding hydrogens is 255 g/mol. The van der Waals surface area contributed by atoms with Crippen LogP contribution in [0.5, 0.6) is 0 Å². The van der Waals surface area contributed by atoms with Gasteiger partial charge >= 0.3 is 0 Å². The normalized spacial score (nSPS) is 12.5. The molecule has 2 rings (SSSR count). The van der Waals surface area contributed by atoms with Crippen LogP contribution in [0.4, 0.5) is 0 Å². The maximum Gasteiger partial charge on any atom is 0.0599 e. The third-order valence-electron chi connectivity index (χ3n) is 2.73. The minimum Gasteiger partial charge on any atom is -0.320 e. The molecule has 0 aliphatic carbocycles. The first kappa shape index (κ1) is 12.4. The molecule has 1 unspecified atom stereocenters. The minimum atomic E-state index is -0.357. The summed E-state index contributed by atoms with van der Waals surface area (Å²) in [7, 11) is 0. The van der Waals surface area contributed by atoms with E-state index in [0.29, 0.717) is 10.0 Å². The van der Waals surface area contributed by atoms with E-state index in [1.807, 2.05) is 13.0 Å². The van der Waals surface area contributed by atoms with E-state index in [2.05, 4.69) is 4.98 Å². The molecule has 0 radical (unpaired) electrons. The Bertz CT molecular complexity index is 520. The number of rotatable bonds is 2. The summed E-state index contributed by atoms with van der Waals surface area (Å²) in [5, 5.41) is 1.15. The maximum absolute atomic E-state index is 6.21. The quantitative estimate of drug-likeness (QED) is 0.900. The van der Waals surface area contributed by atoms with Crippen LogP contribution in [0.15, 0.2) is 36.7 Å². The van der Waals surface area contributed by atoms with Crippen molar-refractivity contribution in [1.82, 2.24) is 4.98 Å². The lowest BCUT2D eigenvalue weighted by atomic mass is 9.97. The van der Waals surface area contributed by atoms with Crippen LogP contribution in [0, 0.1) is 6.92 Å². The summed E-state index contributed by atoms with van der Waals surface area (Å²) in [5.74, 6) is 0. The van der Waals surface area contributed by atoms with Gasteiger partial charge in [-0.1, -0.05) is 29.3 Å². The molecule has 1 heterocycles. The predicted molar refractivity (Wildman–Crippen MR) is 71.5 cm³/mol. The molecule has 2 nitrogen and oxygen atoms in total. The molecule has 2 N–H and O–H groups in total. The zero-order valence-corrected chi connectivity index (χ0v) is 10.8. The van der Waals surface area contributed by atoms with Crippen molar-refractivity contribution in [1.29, 1.82) is 0 Å². The van der Waals surface area contributed by atoms with Crippen LogP contribution >= 0.6 is 23.2 Å². The van der Waals surface area contributed by atoms with Gasteiger partial charge < -0.3 is 5.73 Å². The van der Waals surface area contributed by atoms with Gasteiger partial charge in [0.25, 0.3) is 0 Å². The van der Waals surface area contributed by atoms with E-state index < -0.39 is 0 Å². The fourth-order valence-corrected chi connectivity index (χ4v) is 2.40. The average molecular weight is 267 g/mol. The SMILES string of the molecule is Cc1ccncc1C(N)c1c(Cl)cccc1Cl. The van der Waals surface area contributed by atoms with Crippen molar-refractivity contribution in [3.63, 3.8) is 0 Å². The summed E-state index contributed by atoms with van der Waals surface area (Å²) in [6.45, 7) is 1.99. The first-order valence-corrected chi connectivity index (χ1v) is 5.97. The van der Waals surface area contributed by atoms with Crippen LogP contribution in [0.1, 0.15) is 22.7 Å². The second-order valence-corrected chi connectivity index (χ2v) is 4.66. The fourth-order valence-electron chi connectivity index (χ4n) is 1.77. The summed E-state index contributed by atoms with van der Waals surface area (Å²) in [4.78, 5) is 4.09. The van der Waals surface area contributed by atoms with Crippen LogP contribution in [-0.4, -0.2) is 4.98 Å². The summed E-state index contributed by atoms with van der Waals surface area (Å²) >= 11 is 12.3. The highest BCUT2D eigenvalue weighted by molar-refractivity contribution is 6.36. The number of aryl methyl sites for hydroxylation is 1. The van der Waals surface area contributed by atoms with Crippen molar-refractivity contribution in [3.8, 4) is 0 Å². The van der Waals surface area contributed by atoms with Crippen LogP contribution < -0.4 is 5.73 Å². The van der Waals surface area contributed by atoms with Crippen LogP contribution in [-0.2, 0) is 0 Å². The largest absolute Gasteiger partial charge is 0.320 e. The Morgan fingerprint density at radius 2 is 1.82 bits per heavy atom. The highest BCUT2D eigenvalue weighted by Gasteiger charge is 2.17. The molecule has 2 aromatic rings. The van der Waals surface area contributed by atoms with Crippen molar-refractivity contribution in [2.24, 2.45) is 5.73 Å². The summed E-state index contributed by atoms with van der Waals surface area (Å²) < 4.78 is 0. The van der Waals surface area contributed by atoms with Crippen LogP contribution in [0.25, 0.3) is 0 Å². The van der Waals surface area contributed by atoms with E-state index in [1.165, 1.54) is 0 Å². The first-order valence-electron chi connectivity index (χ1n) is 5.21. The number of nitrogens with zero attached hydrogens (tertiary/aromatic N) is 1. The first-order chi connectivity index (χ1) is 8.11. The lowest BCUT2D eigenvalue weighted by Gasteiger charge is -2.17. The van der Waals surface area contributed by atoms with Gasteiger partial charge in [0.2, 0.25) is 0 Å². The van der Waals surface area contributed by atoms with Gasteiger partial charge in [-0.25, -0.2) is 0 Å². The molecule has 0 saturated heterocycles. The van der Waals surface area contributed by atoms with Gasteiger partial charge in [0.15, 0.2) is 0 Å². The molecule has 0 aliphatic heterocycles. The molecule has 0 bridgehead atoms. The molecule has 1 atom stereocenters. The third kappa shape index (κ3) is 2.44. The van der Waals surface area contributed by atoms with Crippen molar-refractivity contribution < 1.29 is 0 Å². The lowest BCUT2D eigenvalue weighted by Crippen LogP contribution is -2.14. The molecule has 17 heavy (non-hydrogen) atoms. The van der Waals surface area contributed by atoms with E-state index in [4.69, 9.17) is 28.9 Å². The predicted octanol–water partition coefficient (Wildman–Crippen LogP) is 3.74. The van der Waals surface area contributed by atoms with Gasteiger partial charge in [0, 0.05) is 28.0 Å². The monoisotopic (exact) mass is 266 g/mol. The van der Waals surface area contributed by atoms with Crippen molar-refractivity contribution in [2.75, 3.05) is 0 Å². The maximum atomic E-state index is 6.21. The number of hydrogen-bond donors (Lipinski definition) is 1. The molecule has 0 spiro atoms. The van der Waals surface area contributed by atoms with Gasteiger partial charge in [0.05, 0.1) is 6.04 Å². The van der Waals surface area contributed by atoms with E-state index in [9.17, 15) is 0 Å². The molecule has 0 saturated carbocycles. The van der Waals surface area contributed by atoms with E-state index in [-0.39, 0.29) is 6.04 Å². The van der Waals surface area contributed by atoms with Gasteiger partial charge in [-0.15, -0.1) is 0 Å². The highest BCUT2D eigenvalue weighted by Crippen LogP contribution is 2.33. The van der Waals surface area contributed by atoms with Crippen molar-refractivity contribution in [3.05, 3.63) is 63.4 Å². The molecule has 88 valence electrons. The second-order valence-electron chi connectivity index (χ2n) is 3.85. The number of hydrogen-bond acceptors (Lipinski definition) is 2. The molecule has 4 heteroatoms. The Balaban J connectivity index is 2.51. The molecule has 0 aliphatic rings. The van der Waals surface area contributed by atoms with Gasteiger partial charge in [-0.05, 0) is 36.2 Å². The molecule has 0 amide bonds. The molecule has 1 aromatic heterocycles. The highest BCUT2D eigenvalue weighted by atomic mass is 35.5. The molecule has 0 fully saturated rings. The van der Waals surface area contributed by atoms with Gasteiger partial charge in [-0.2, -0.15) is 0 Å². The summed E-state index contributed by atoms with van der Waals surface area (Å²) in [6.07, 6.45) is 3.49. The number of aromatic nitrogens is 1. The van der Waals surface area contributed by atoms with Crippen LogP contribution in [0.3, 0.4) is 0 Å². The van der Waals surface area contributed by atoms with E-state index in [1.54, 1.807) is 30.6 Å². The molecular formula is C13H12Cl2N2. The number of halogens is 2. The summed E-state index contributed by atoms with van der Waals surface area (Å²) in [6, 6.07) is 6.93. The Morgan fingerprint density at radius 3 is 2.41 bits per heavy atom. The topological polar surface area (TPSA) is 38.9 Å². The van der Waals surface area contributed by atoms with E-state index in [0.717, 1.165) is 16.7 Å². The smallest absolute Gasteiger partial charge is 0.0599 e. The minimum absolute atomic E-state index is 0.357. The Morgan fingerprint density at radius 1 is 1.18 bits per heavy atom. The van der Waals surface area contributed by atoms with E-state index >= 15 is 0 Å².